The van der Waals surface area contributed by atoms with Crippen LogP contribution in [0.15, 0.2) is 66.7 Å². The topological polar surface area (TPSA) is 182 Å². The lowest BCUT2D eigenvalue weighted by atomic mass is 10.2. The summed E-state index contributed by atoms with van der Waals surface area (Å²) in [7, 11) is 0. The van der Waals surface area contributed by atoms with E-state index in [-0.39, 0.29) is 17.2 Å². The molecule has 2 heterocycles. The minimum absolute atomic E-state index is 0.0144. The molecule has 0 saturated heterocycles. The summed E-state index contributed by atoms with van der Waals surface area (Å²) in [5.74, 6) is 0.895. The van der Waals surface area contributed by atoms with Crippen molar-refractivity contribution in [3.63, 3.8) is 0 Å². The van der Waals surface area contributed by atoms with Gasteiger partial charge in [0.2, 0.25) is 0 Å². The fraction of sp³-hybridized carbons (Fsp3) is 0.0476. The molecule has 5 aromatic rings. The maximum atomic E-state index is 10.8. The molecule has 2 aromatic heterocycles. The third-order valence-corrected chi connectivity index (χ3v) is 4.85. The van der Waals surface area contributed by atoms with Crippen LogP contribution in [0.2, 0.25) is 0 Å². The van der Waals surface area contributed by atoms with Gasteiger partial charge in [-0.2, -0.15) is 10.2 Å². The first-order valence-corrected chi connectivity index (χ1v) is 9.70. The van der Waals surface area contributed by atoms with Crippen LogP contribution in [0.25, 0.3) is 21.8 Å². The predicted molar refractivity (Wildman–Crippen MR) is 124 cm³/mol. The Morgan fingerprint density at radius 1 is 0.818 bits per heavy atom. The van der Waals surface area contributed by atoms with E-state index in [1.54, 1.807) is 12.1 Å². The number of aromatic nitrogens is 4. The van der Waals surface area contributed by atoms with E-state index in [1.807, 2.05) is 30.3 Å². The number of nitro benzene ring substituents is 2. The summed E-state index contributed by atoms with van der Waals surface area (Å²) in [4.78, 5) is 20.3. The Morgan fingerprint density at radius 2 is 1.39 bits per heavy atom. The second-order valence-electron chi connectivity index (χ2n) is 6.99. The van der Waals surface area contributed by atoms with Gasteiger partial charge in [0, 0.05) is 30.8 Å². The van der Waals surface area contributed by atoms with Crippen molar-refractivity contribution in [3.8, 4) is 0 Å². The molecule has 0 spiro atoms. The number of benzene rings is 3. The number of H-pyrrole nitrogens is 2. The fourth-order valence-electron chi connectivity index (χ4n) is 3.17. The summed E-state index contributed by atoms with van der Waals surface area (Å²) in [6.45, 7) is 0.615. The number of nitrogens with zero attached hydrogens (tertiary/aromatic N) is 4. The number of aromatic amines is 2. The molecule has 3 aromatic carbocycles. The molecule has 33 heavy (non-hydrogen) atoms. The van der Waals surface area contributed by atoms with Crippen molar-refractivity contribution in [2.75, 3.05) is 11.1 Å². The zero-order valence-electron chi connectivity index (χ0n) is 17.1. The van der Waals surface area contributed by atoms with E-state index in [4.69, 9.17) is 5.73 Å². The van der Waals surface area contributed by atoms with Gasteiger partial charge in [-0.3, -0.25) is 30.4 Å². The van der Waals surface area contributed by atoms with Crippen molar-refractivity contribution in [3.05, 3.63) is 92.5 Å². The Kier molecular flexibility index (Phi) is 5.80. The Labute approximate surface area is 185 Å². The van der Waals surface area contributed by atoms with Crippen LogP contribution in [0.4, 0.5) is 23.0 Å². The fourth-order valence-corrected chi connectivity index (χ4v) is 3.17. The van der Waals surface area contributed by atoms with Gasteiger partial charge in [0.1, 0.15) is 0 Å². The molecule has 5 N–H and O–H groups in total. The maximum absolute atomic E-state index is 10.8. The maximum Gasteiger partial charge on any atom is 0.270 e. The van der Waals surface area contributed by atoms with Crippen molar-refractivity contribution < 1.29 is 9.85 Å². The molecule has 5 rings (SSSR count). The van der Waals surface area contributed by atoms with Gasteiger partial charge in [0.15, 0.2) is 11.6 Å². The largest absolute Gasteiger partial charge is 0.382 e. The molecule has 0 saturated carbocycles. The number of nitrogens with two attached hydrogens (primary N) is 1. The quantitative estimate of drug-likeness (QED) is 0.229. The number of hydrogen-bond acceptors (Lipinski definition) is 8. The van der Waals surface area contributed by atoms with Crippen molar-refractivity contribution in [1.29, 1.82) is 0 Å². The van der Waals surface area contributed by atoms with Gasteiger partial charge in [-0.1, -0.05) is 30.3 Å². The SMILES string of the molecule is Nc1n[nH]c2ccc([N+](=O)[O-])cc12.O=[N+]([O-])c1ccc2[nH]nc(NCc3ccccc3)c2c1. The zero-order valence-corrected chi connectivity index (χ0v) is 17.1. The molecule has 0 aliphatic heterocycles. The van der Waals surface area contributed by atoms with Crippen molar-refractivity contribution in [2.45, 2.75) is 6.54 Å². The number of hydrogen-bond donors (Lipinski definition) is 4. The van der Waals surface area contributed by atoms with Crippen LogP contribution < -0.4 is 11.1 Å². The lowest BCUT2D eigenvalue weighted by molar-refractivity contribution is -0.384. The molecule has 0 bridgehead atoms. The second-order valence-corrected chi connectivity index (χ2v) is 6.99. The van der Waals surface area contributed by atoms with Gasteiger partial charge in [0.25, 0.3) is 11.4 Å². The van der Waals surface area contributed by atoms with E-state index >= 15 is 0 Å². The molecular formula is C21H18N8O4. The van der Waals surface area contributed by atoms with Gasteiger partial charge < -0.3 is 11.1 Å². The van der Waals surface area contributed by atoms with Crippen molar-refractivity contribution >= 4 is 44.8 Å². The lowest BCUT2D eigenvalue weighted by Gasteiger charge is -2.03. The minimum atomic E-state index is -0.466. The smallest absolute Gasteiger partial charge is 0.270 e. The van der Waals surface area contributed by atoms with Crippen LogP contribution in [-0.4, -0.2) is 30.2 Å². The van der Waals surface area contributed by atoms with Gasteiger partial charge in [-0.25, -0.2) is 0 Å². The Morgan fingerprint density at radius 3 is 2.03 bits per heavy atom. The number of nitro groups is 2. The van der Waals surface area contributed by atoms with Crippen LogP contribution in [0.1, 0.15) is 5.56 Å². The normalized spacial score (nSPS) is 10.5. The number of non-ortho nitro benzene ring substituents is 2. The molecule has 0 unspecified atom stereocenters. The van der Waals surface area contributed by atoms with Crippen LogP contribution in [0.5, 0.6) is 0 Å². The first-order chi connectivity index (χ1) is 15.9. The van der Waals surface area contributed by atoms with Crippen molar-refractivity contribution in [2.24, 2.45) is 0 Å². The molecule has 12 heteroatoms. The van der Waals surface area contributed by atoms with Crippen LogP contribution >= 0.6 is 0 Å². The summed E-state index contributed by atoms with van der Waals surface area (Å²) >= 11 is 0. The van der Waals surface area contributed by atoms with Crippen molar-refractivity contribution in [1.82, 2.24) is 20.4 Å². The van der Waals surface area contributed by atoms with Crippen LogP contribution in [0.3, 0.4) is 0 Å². The first kappa shape index (κ1) is 21.2. The lowest BCUT2D eigenvalue weighted by Crippen LogP contribution is -1.99. The highest BCUT2D eigenvalue weighted by atomic mass is 16.6. The third-order valence-electron chi connectivity index (χ3n) is 4.85. The van der Waals surface area contributed by atoms with Gasteiger partial charge in [0.05, 0.1) is 31.7 Å². The van der Waals surface area contributed by atoms with Gasteiger partial charge in [-0.15, -0.1) is 0 Å². The highest BCUT2D eigenvalue weighted by Gasteiger charge is 2.11. The van der Waals surface area contributed by atoms with E-state index in [1.165, 1.54) is 24.3 Å². The Bertz CT molecular complexity index is 1450. The second kappa shape index (κ2) is 9.01. The third kappa shape index (κ3) is 4.69. The summed E-state index contributed by atoms with van der Waals surface area (Å²) in [6, 6.07) is 18.9. The summed E-state index contributed by atoms with van der Waals surface area (Å²) in [6.07, 6.45) is 0. The van der Waals surface area contributed by atoms with E-state index in [2.05, 4.69) is 25.7 Å². The number of fused-ring (bicyclic) bond motifs is 2. The average Bonchev–Trinajstić information content (AvgIpc) is 3.41. The van der Waals surface area contributed by atoms with E-state index < -0.39 is 9.85 Å². The number of rotatable bonds is 5. The predicted octanol–water partition coefficient (Wildman–Crippen LogP) is 4.14. The highest BCUT2D eigenvalue weighted by molar-refractivity contribution is 5.91. The monoisotopic (exact) mass is 446 g/mol. The molecule has 0 aliphatic rings. The minimum Gasteiger partial charge on any atom is -0.382 e. The summed E-state index contributed by atoms with van der Waals surface area (Å²) in [5.41, 5.74) is 8.14. The molecule has 12 nitrogen and oxygen atoms in total. The first-order valence-electron chi connectivity index (χ1n) is 9.70. The molecule has 0 fully saturated rings. The zero-order chi connectivity index (χ0) is 23.4. The average molecular weight is 446 g/mol. The number of nitrogens with one attached hydrogen (secondary N) is 3. The highest BCUT2D eigenvalue weighted by Crippen LogP contribution is 2.25. The van der Waals surface area contributed by atoms with Crippen LogP contribution in [0, 0.1) is 20.2 Å². The molecule has 0 amide bonds. The molecule has 0 radical (unpaired) electrons. The van der Waals surface area contributed by atoms with Crippen LogP contribution in [-0.2, 0) is 6.54 Å². The Balaban J connectivity index is 0.000000172. The number of anilines is 2. The summed E-state index contributed by atoms with van der Waals surface area (Å²) < 4.78 is 0. The molecule has 0 aliphatic carbocycles. The van der Waals surface area contributed by atoms with E-state index in [9.17, 15) is 20.2 Å². The molecular weight excluding hydrogens is 428 g/mol. The van der Waals surface area contributed by atoms with Gasteiger partial charge >= 0.3 is 0 Å². The molecule has 166 valence electrons. The van der Waals surface area contributed by atoms with E-state index in [0.717, 1.165) is 16.5 Å². The van der Waals surface area contributed by atoms with Gasteiger partial charge in [-0.05, 0) is 17.7 Å². The Hall–Kier alpha value is -5.00. The standard InChI is InChI=1S/C14H12N4O2.C7H6N4O2/c19-18(20)11-6-7-13-12(8-11)14(17-16-13)15-9-10-4-2-1-3-5-10;8-7-5-3-4(11(12)13)1-2-6(5)9-10-7/h1-8H,9H2,(H2,15,16,17);1-3H,(H3,8,9,10). The summed E-state index contributed by atoms with van der Waals surface area (Å²) in [5, 5.41) is 39.1. The van der Waals surface area contributed by atoms with E-state index in [0.29, 0.717) is 23.3 Å². The molecule has 0 atom stereocenters. The number of nitrogen functional groups attached to an aromatic ring is 1.